The van der Waals surface area contributed by atoms with Gasteiger partial charge in [-0.15, -0.1) is 0 Å². The molecule has 3 unspecified atom stereocenters. The molecule has 13 nitrogen and oxygen atoms in total. The minimum absolute atomic E-state index is 0.00798. The van der Waals surface area contributed by atoms with Gasteiger partial charge >= 0.3 is 12.1 Å². The third kappa shape index (κ3) is 10.5. The predicted octanol–water partition coefficient (Wildman–Crippen LogP) is 4.32. The van der Waals surface area contributed by atoms with Crippen LogP contribution in [0.4, 0.5) is 4.79 Å². The lowest BCUT2D eigenvalue weighted by Crippen LogP contribution is -2.60. The molecular formula is C42H70N4O9. The molecule has 13 atom stereocenters. The molecule has 0 aromatic heterocycles. The third-order valence-electron chi connectivity index (χ3n) is 12.2. The van der Waals surface area contributed by atoms with Crippen molar-refractivity contribution in [2.45, 2.75) is 160 Å². The summed E-state index contributed by atoms with van der Waals surface area (Å²) >= 11 is 0. The number of benzene rings is 1. The van der Waals surface area contributed by atoms with E-state index in [-0.39, 0.29) is 29.5 Å². The molecular weight excluding hydrogens is 704 g/mol. The number of fused-ring (bicyclic) bond motifs is 1. The molecule has 1 amide bonds. The van der Waals surface area contributed by atoms with Crippen LogP contribution in [0.3, 0.4) is 0 Å². The summed E-state index contributed by atoms with van der Waals surface area (Å²) in [4.78, 5) is 42.6. The molecule has 0 radical (unpaired) electrons. The van der Waals surface area contributed by atoms with Crippen molar-refractivity contribution in [3.63, 3.8) is 0 Å². The lowest BCUT2D eigenvalue weighted by Gasteiger charge is -2.47. The molecule has 0 aliphatic carbocycles. The first-order valence-corrected chi connectivity index (χ1v) is 20.1. The number of ether oxygens (including phenoxy) is 5. The van der Waals surface area contributed by atoms with Crippen molar-refractivity contribution in [3.8, 4) is 0 Å². The quantitative estimate of drug-likeness (QED) is 0.209. The van der Waals surface area contributed by atoms with Crippen LogP contribution >= 0.6 is 0 Å². The second-order valence-corrected chi connectivity index (χ2v) is 18.0. The number of nitrogens with zero attached hydrogens (tertiary/aromatic N) is 1. The van der Waals surface area contributed by atoms with Gasteiger partial charge in [-0.3, -0.25) is 9.59 Å². The van der Waals surface area contributed by atoms with Crippen LogP contribution in [0.1, 0.15) is 99.6 Å². The molecule has 3 heterocycles. The normalized spacial score (nSPS) is 38.4. The van der Waals surface area contributed by atoms with Gasteiger partial charge in [-0.25, -0.2) is 4.79 Å². The zero-order valence-electron chi connectivity index (χ0n) is 35.6. The second kappa shape index (κ2) is 18.3. The van der Waals surface area contributed by atoms with Crippen molar-refractivity contribution < 1.29 is 43.2 Å². The van der Waals surface area contributed by atoms with Gasteiger partial charge in [0.15, 0.2) is 17.7 Å². The van der Waals surface area contributed by atoms with E-state index in [9.17, 15) is 19.5 Å². The first-order valence-electron chi connectivity index (χ1n) is 20.1. The van der Waals surface area contributed by atoms with Gasteiger partial charge in [-0.05, 0) is 90.1 Å². The van der Waals surface area contributed by atoms with Crippen LogP contribution in [0.15, 0.2) is 24.3 Å². The largest absolute Gasteiger partial charge is 0.458 e. The summed E-state index contributed by atoms with van der Waals surface area (Å²) < 4.78 is 31.4. The fourth-order valence-electron chi connectivity index (χ4n) is 8.65. The van der Waals surface area contributed by atoms with Crippen LogP contribution in [0.5, 0.6) is 0 Å². The fourth-order valence-corrected chi connectivity index (χ4v) is 8.65. The topological polar surface area (TPSA) is 157 Å². The molecule has 0 spiro atoms. The number of carbonyl (C=O) groups is 3. The smallest absolute Gasteiger partial charge is 0.408 e. The van der Waals surface area contributed by atoms with Crippen LogP contribution in [-0.2, 0) is 45.2 Å². The van der Waals surface area contributed by atoms with Crippen LogP contribution < -0.4 is 16.0 Å². The van der Waals surface area contributed by atoms with E-state index >= 15 is 0 Å². The standard InChI is InChI=1S/C42H70N4O9/c1-14-32-42(10)35(45-39(50)55-42)27(5)44-21-24(2)20-41(9,51-13)36(25(3)33(47)26(4)37(49)53-32)54-38-34(48)31(46(11)12)19-30(52-38)23-43-22-28-15-17-29(18-16-28)40(6,7)8/h15-18,24-27,30-32,34-36,38,43-44,48H,14,19-23H2,1-13H3,(H,45,50)/t24-,25+,26?,27-,30+,31?,32+,34?,35-,36-,38+,41-,42-/m1/s1. The summed E-state index contributed by atoms with van der Waals surface area (Å²) in [6.45, 7) is 21.1. The van der Waals surface area contributed by atoms with Gasteiger partial charge in [0.2, 0.25) is 0 Å². The highest BCUT2D eigenvalue weighted by molar-refractivity contribution is 6.00. The van der Waals surface area contributed by atoms with E-state index in [0.29, 0.717) is 38.9 Å². The highest BCUT2D eigenvalue weighted by Gasteiger charge is 2.55. The fraction of sp³-hybridized carbons (Fsp3) is 0.786. The van der Waals surface area contributed by atoms with Gasteiger partial charge in [0, 0.05) is 38.2 Å². The Labute approximate surface area is 329 Å². The third-order valence-corrected chi connectivity index (χ3v) is 12.2. The lowest BCUT2D eigenvalue weighted by molar-refractivity contribution is -0.297. The molecule has 312 valence electrons. The number of carbonyl (C=O) groups excluding carboxylic acids is 3. The van der Waals surface area contributed by atoms with E-state index in [1.165, 1.54) is 12.5 Å². The SMILES string of the molecule is CC[C@@H]1OC(=O)C(C)C(=O)[C@H](C)[C@@H](O[C@@H]2O[C@H](CNCc3ccc(C(C)(C)C)cc3)CC(N(C)C)C2O)[C@](C)(OC)C[C@@H](C)CN[C@H](C)[C@H]2NC(=O)O[C@]12C. The maximum atomic E-state index is 14.3. The maximum Gasteiger partial charge on any atom is 0.408 e. The van der Waals surface area contributed by atoms with Gasteiger partial charge < -0.3 is 49.6 Å². The number of likely N-dealkylation sites (N-methyl/N-ethyl adjacent to an activating group) is 1. The average molecular weight is 775 g/mol. The van der Waals surface area contributed by atoms with Gasteiger partial charge in [-0.2, -0.15) is 0 Å². The van der Waals surface area contributed by atoms with Gasteiger partial charge in [0.25, 0.3) is 0 Å². The number of aliphatic hydroxyl groups is 1. The summed E-state index contributed by atoms with van der Waals surface area (Å²) in [5.41, 5.74) is 0.293. The molecule has 4 rings (SSSR count). The number of hydrogen-bond donors (Lipinski definition) is 4. The molecule has 1 aromatic carbocycles. The van der Waals surface area contributed by atoms with Crippen molar-refractivity contribution in [1.29, 1.82) is 0 Å². The Bertz CT molecular complexity index is 1450. The Morgan fingerprint density at radius 1 is 1.05 bits per heavy atom. The number of aliphatic hydroxyl groups excluding tert-OH is 1. The molecule has 3 saturated heterocycles. The van der Waals surface area contributed by atoms with Crippen LogP contribution in [0.2, 0.25) is 0 Å². The van der Waals surface area contributed by atoms with Crippen LogP contribution in [0.25, 0.3) is 0 Å². The zero-order valence-corrected chi connectivity index (χ0v) is 35.6. The number of hydrogen-bond acceptors (Lipinski definition) is 12. The van der Waals surface area contributed by atoms with Crippen molar-refractivity contribution in [1.82, 2.24) is 20.9 Å². The summed E-state index contributed by atoms with van der Waals surface area (Å²) in [6.07, 6.45) is -3.32. The molecule has 55 heavy (non-hydrogen) atoms. The number of esters is 1. The minimum Gasteiger partial charge on any atom is -0.458 e. The number of amides is 1. The summed E-state index contributed by atoms with van der Waals surface area (Å²) in [5, 5.41) is 21.7. The molecule has 0 saturated carbocycles. The van der Waals surface area contributed by atoms with Crippen molar-refractivity contribution in [2.75, 3.05) is 34.3 Å². The molecule has 13 heteroatoms. The predicted molar refractivity (Wildman–Crippen MR) is 210 cm³/mol. The van der Waals surface area contributed by atoms with E-state index in [1.807, 2.05) is 39.8 Å². The van der Waals surface area contributed by atoms with Crippen LogP contribution in [0, 0.1) is 17.8 Å². The Hall–Kier alpha value is -2.65. The number of Topliss-reactive ketones (excluding diaryl/α,β-unsaturated/α-hetero) is 1. The Kier molecular flexibility index (Phi) is 15.0. The molecule has 1 aromatic rings. The molecule has 0 bridgehead atoms. The van der Waals surface area contributed by atoms with Crippen LogP contribution in [-0.4, -0.2) is 122 Å². The Morgan fingerprint density at radius 2 is 1.71 bits per heavy atom. The zero-order chi connectivity index (χ0) is 41.0. The van der Waals surface area contributed by atoms with E-state index < -0.39 is 71.5 Å². The Balaban J connectivity index is 1.61. The number of methoxy groups -OCH3 is 1. The Morgan fingerprint density at radius 3 is 2.29 bits per heavy atom. The minimum atomic E-state index is -1.17. The van der Waals surface area contributed by atoms with Gasteiger partial charge in [-0.1, -0.05) is 65.8 Å². The van der Waals surface area contributed by atoms with E-state index in [4.69, 9.17) is 23.7 Å². The van der Waals surface area contributed by atoms with E-state index in [2.05, 4.69) is 67.9 Å². The summed E-state index contributed by atoms with van der Waals surface area (Å²) in [5.74, 6) is -3.13. The first-order chi connectivity index (χ1) is 25.6. The molecule has 3 fully saturated rings. The number of ketones is 1. The number of alkyl carbamates (subject to hydrolysis) is 1. The monoisotopic (exact) mass is 775 g/mol. The maximum absolute atomic E-state index is 14.3. The number of nitrogens with one attached hydrogen (secondary N) is 3. The average Bonchev–Trinajstić information content (AvgIpc) is 3.45. The van der Waals surface area contributed by atoms with Crippen molar-refractivity contribution in [2.24, 2.45) is 17.8 Å². The van der Waals surface area contributed by atoms with E-state index in [0.717, 1.165) is 5.56 Å². The van der Waals surface area contributed by atoms with Gasteiger partial charge in [0.1, 0.15) is 18.1 Å². The highest BCUT2D eigenvalue weighted by Crippen LogP contribution is 2.38. The molecule has 3 aliphatic heterocycles. The number of cyclic esters (lactones) is 1. The van der Waals surface area contributed by atoms with Crippen molar-refractivity contribution in [3.05, 3.63) is 35.4 Å². The molecule has 3 aliphatic rings. The summed E-state index contributed by atoms with van der Waals surface area (Å²) in [7, 11) is 5.43. The lowest BCUT2D eigenvalue weighted by atomic mass is 9.78. The number of rotatable bonds is 9. The first kappa shape index (κ1) is 45.1. The molecule has 4 N–H and O–H groups in total. The van der Waals surface area contributed by atoms with E-state index in [1.54, 1.807) is 21.0 Å². The van der Waals surface area contributed by atoms with Crippen molar-refractivity contribution >= 4 is 17.8 Å². The second-order valence-electron chi connectivity index (χ2n) is 18.0. The van der Waals surface area contributed by atoms with Gasteiger partial charge in [0.05, 0.1) is 23.9 Å². The summed E-state index contributed by atoms with van der Waals surface area (Å²) in [6, 6.07) is 7.57. The highest BCUT2D eigenvalue weighted by atomic mass is 16.7.